The SMILES string of the molecule is COC1(OC)C([N+](=O)[O-])=CC([N+](=O)[O-])=C/C1=[N+](/[O-])O. The maximum Gasteiger partial charge on any atom is 0.356 e. The maximum absolute atomic E-state index is 11.0. The highest BCUT2D eigenvalue weighted by atomic mass is 16.8. The van der Waals surface area contributed by atoms with Gasteiger partial charge in [-0.2, -0.15) is 0 Å². The Morgan fingerprint density at radius 1 is 1.11 bits per heavy atom. The highest BCUT2D eigenvalue weighted by Gasteiger charge is 2.58. The van der Waals surface area contributed by atoms with Crippen LogP contribution in [0, 0.1) is 25.4 Å². The van der Waals surface area contributed by atoms with Gasteiger partial charge in [-0.1, -0.05) is 0 Å². The third-order valence-corrected chi connectivity index (χ3v) is 2.43. The Morgan fingerprint density at radius 2 is 1.63 bits per heavy atom. The highest BCUT2D eigenvalue weighted by Crippen LogP contribution is 2.30. The van der Waals surface area contributed by atoms with Crippen LogP contribution in [0.3, 0.4) is 0 Å². The van der Waals surface area contributed by atoms with Crippen molar-refractivity contribution >= 4 is 5.71 Å². The fraction of sp³-hybridized carbons (Fsp3) is 0.375. The van der Waals surface area contributed by atoms with Gasteiger partial charge in [-0.05, 0) is 0 Å². The third kappa shape index (κ3) is 2.23. The van der Waals surface area contributed by atoms with Crippen molar-refractivity contribution in [3.05, 3.63) is 49.0 Å². The molecule has 0 aromatic carbocycles. The monoisotopic (exact) mass is 275 g/mol. The van der Waals surface area contributed by atoms with Crippen LogP contribution in [-0.2, 0) is 9.47 Å². The lowest BCUT2D eigenvalue weighted by molar-refractivity contribution is -0.729. The summed E-state index contributed by atoms with van der Waals surface area (Å²) in [5.74, 6) is -2.33. The zero-order valence-corrected chi connectivity index (χ0v) is 9.80. The second-order valence-electron chi connectivity index (χ2n) is 3.30. The van der Waals surface area contributed by atoms with Gasteiger partial charge in [0.2, 0.25) is 0 Å². The highest BCUT2D eigenvalue weighted by molar-refractivity contribution is 6.00. The van der Waals surface area contributed by atoms with E-state index in [0.29, 0.717) is 12.2 Å². The topological polar surface area (TPSA) is 151 Å². The van der Waals surface area contributed by atoms with Gasteiger partial charge in [-0.15, -0.1) is 0 Å². The zero-order valence-electron chi connectivity index (χ0n) is 9.80. The number of nitrogens with zero attached hydrogens (tertiary/aromatic N) is 3. The Labute approximate surface area is 105 Å². The Bertz CT molecular complexity index is 512. The lowest BCUT2D eigenvalue weighted by Gasteiger charge is -2.25. The van der Waals surface area contributed by atoms with Gasteiger partial charge in [-0.25, -0.2) is 0 Å². The van der Waals surface area contributed by atoms with Crippen LogP contribution in [0.4, 0.5) is 0 Å². The quantitative estimate of drug-likeness (QED) is 0.240. The minimum atomic E-state index is -2.33. The van der Waals surface area contributed by atoms with Crippen LogP contribution in [0.2, 0.25) is 0 Å². The molecule has 0 unspecified atom stereocenters. The van der Waals surface area contributed by atoms with Gasteiger partial charge >= 0.3 is 17.2 Å². The summed E-state index contributed by atoms with van der Waals surface area (Å²) in [5, 5.41) is 41.6. The molecule has 0 aromatic rings. The van der Waals surface area contributed by atoms with Crippen LogP contribution in [0.25, 0.3) is 0 Å². The molecule has 0 saturated heterocycles. The third-order valence-electron chi connectivity index (χ3n) is 2.43. The molecule has 1 aliphatic carbocycles. The van der Waals surface area contributed by atoms with Gasteiger partial charge in [0, 0.05) is 19.1 Å². The number of hydrogen-bond donors (Lipinski definition) is 1. The van der Waals surface area contributed by atoms with Crippen LogP contribution in [0.5, 0.6) is 0 Å². The van der Waals surface area contributed by atoms with E-state index in [1.807, 2.05) is 0 Å². The molecule has 1 rings (SSSR count). The fourth-order valence-electron chi connectivity index (χ4n) is 1.60. The summed E-state index contributed by atoms with van der Waals surface area (Å²) in [5.41, 5.74) is -2.50. The van der Waals surface area contributed by atoms with E-state index in [9.17, 15) is 25.4 Å². The predicted octanol–water partition coefficient (Wildman–Crippen LogP) is -0.349. The van der Waals surface area contributed by atoms with Crippen molar-refractivity contribution < 1.29 is 29.4 Å². The summed E-state index contributed by atoms with van der Waals surface area (Å²) < 4.78 is 9.53. The molecule has 0 bridgehead atoms. The van der Waals surface area contributed by atoms with E-state index in [2.05, 4.69) is 0 Å². The van der Waals surface area contributed by atoms with Crippen LogP contribution < -0.4 is 0 Å². The number of methoxy groups -OCH3 is 2. The number of ether oxygens (including phenoxy) is 2. The number of allylic oxidation sites excluding steroid dienone is 1. The summed E-state index contributed by atoms with van der Waals surface area (Å²) >= 11 is 0. The maximum atomic E-state index is 11.0. The lowest BCUT2D eigenvalue weighted by atomic mass is 9.99. The first-order valence-electron chi connectivity index (χ1n) is 4.66. The van der Waals surface area contributed by atoms with E-state index < -0.39 is 37.6 Å². The molecule has 0 radical (unpaired) electrons. The standard InChI is InChI=1S/C8H9N3O8/c1-18-8(19-2)6(10(14)15)3-5(9(12)13)4-7(8)11(16)17/h3-4H,1-2H3,(H,14,15). The Balaban J connectivity index is 3.64. The molecule has 1 N–H and O–H groups in total. The van der Waals surface area contributed by atoms with Crippen molar-refractivity contribution in [2.75, 3.05) is 14.2 Å². The molecule has 104 valence electrons. The van der Waals surface area contributed by atoms with Gasteiger partial charge in [0.15, 0.2) is 0 Å². The smallest absolute Gasteiger partial charge is 0.356 e. The minimum Gasteiger partial charge on any atom is -0.417 e. The fourth-order valence-corrected chi connectivity index (χ4v) is 1.60. The summed E-state index contributed by atoms with van der Waals surface area (Å²) in [7, 11) is 1.96. The average Bonchev–Trinajstić information content (AvgIpc) is 2.36. The van der Waals surface area contributed by atoms with Crippen molar-refractivity contribution in [3.63, 3.8) is 0 Å². The number of hydrogen-bond acceptors (Lipinski definition) is 8. The van der Waals surface area contributed by atoms with Crippen molar-refractivity contribution in [1.82, 2.24) is 0 Å². The number of rotatable bonds is 4. The molecule has 11 heteroatoms. The molecule has 0 amide bonds. The minimum absolute atomic E-state index is 0.583. The van der Waals surface area contributed by atoms with E-state index in [0.717, 1.165) is 14.2 Å². The van der Waals surface area contributed by atoms with E-state index in [1.165, 1.54) is 0 Å². The molecule has 0 saturated carbocycles. The van der Waals surface area contributed by atoms with E-state index in [-0.39, 0.29) is 0 Å². The molecule has 0 spiro atoms. The molecule has 0 heterocycles. The van der Waals surface area contributed by atoms with E-state index in [1.54, 1.807) is 0 Å². The van der Waals surface area contributed by atoms with Crippen molar-refractivity contribution in [2.45, 2.75) is 5.79 Å². The molecule has 0 fully saturated rings. The zero-order chi connectivity index (χ0) is 14.8. The molecule has 1 aliphatic rings. The van der Waals surface area contributed by atoms with E-state index in [4.69, 9.17) is 14.7 Å². The van der Waals surface area contributed by atoms with Gasteiger partial charge in [-0.3, -0.25) is 25.4 Å². The second kappa shape index (κ2) is 4.99. The average molecular weight is 275 g/mol. The summed E-state index contributed by atoms with van der Waals surface area (Å²) in [6, 6.07) is 0. The molecule has 0 atom stereocenters. The van der Waals surface area contributed by atoms with Crippen LogP contribution >= 0.6 is 0 Å². The molecule has 0 aliphatic heterocycles. The first kappa shape index (κ1) is 14.5. The van der Waals surface area contributed by atoms with E-state index >= 15 is 0 Å². The molecular weight excluding hydrogens is 266 g/mol. The Hall–Kier alpha value is -2.53. The molecule has 0 aromatic heterocycles. The van der Waals surface area contributed by atoms with Crippen LogP contribution in [-0.4, -0.2) is 45.7 Å². The normalized spacial score (nSPS) is 20.3. The van der Waals surface area contributed by atoms with Gasteiger partial charge in [0.25, 0.3) is 5.70 Å². The van der Waals surface area contributed by atoms with Crippen molar-refractivity contribution in [3.8, 4) is 0 Å². The summed E-state index contributed by atoms with van der Waals surface area (Å²) in [6.07, 6.45) is 1.20. The summed E-state index contributed by atoms with van der Waals surface area (Å²) in [4.78, 5) is 18.8. The molecule has 19 heavy (non-hydrogen) atoms. The van der Waals surface area contributed by atoms with Crippen LogP contribution in [0.15, 0.2) is 23.5 Å². The van der Waals surface area contributed by atoms with Crippen LogP contribution in [0.1, 0.15) is 0 Å². The molecule has 11 nitrogen and oxygen atoms in total. The summed E-state index contributed by atoms with van der Waals surface area (Å²) in [6.45, 7) is 0. The first-order valence-corrected chi connectivity index (χ1v) is 4.66. The Kier molecular flexibility index (Phi) is 3.82. The van der Waals surface area contributed by atoms with Gasteiger partial charge in [0.1, 0.15) is 0 Å². The number of nitro groups is 2. The first-order chi connectivity index (χ1) is 8.80. The van der Waals surface area contributed by atoms with Crippen molar-refractivity contribution in [1.29, 1.82) is 0 Å². The largest absolute Gasteiger partial charge is 0.417 e. The lowest BCUT2D eigenvalue weighted by Crippen LogP contribution is -2.50. The van der Waals surface area contributed by atoms with Crippen molar-refractivity contribution in [2.24, 2.45) is 0 Å². The second-order valence-corrected chi connectivity index (χ2v) is 3.30. The predicted molar refractivity (Wildman–Crippen MR) is 57.3 cm³/mol. The Morgan fingerprint density at radius 3 is 1.95 bits per heavy atom. The van der Waals surface area contributed by atoms with Gasteiger partial charge < -0.3 is 14.7 Å². The van der Waals surface area contributed by atoms with Gasteiger partial charge in [0.05, 0.1) is 22.0 Å². The molecular formula is C8H9N3O8.